The van der Waals surface area contributed by atoms with Crippen LogP contribution >= 0.6 is 11.6 Å². The molecule has 0 radical (unpaired) electrons. The molecule has 0 bridgehead atoms. The fraction of sp³-hybridized carbons (Fsp3) is 0.500. The maximum absolute atomic E-state index is 12.0. The van der Waals surface area contributed by atoms with E-state index in [1.165, 1.54) is 11.1 Å². The van der Waals surface area contributed by atoms with Crippen LogP contribution in [-0.2, 0) is 16.1 Å². The van der Waals surface area contributed by atoms with Crippen LogP contribution in [0.15, 0.2) is 41.7 Å². The summed E-state index contributed by atoms with van der Waals surface area (Å²) in [5.41, 5.74) is 3.67. The van der Waals surface area contributed by atoms with Crippen molar-refractivity contribution in [3.8, 4) is 0 Å². The van der Waals surface area contributed by atoms with Gasteiger partial charge >= 0.3 is 6.09 Å². The zero-order chi connectivity index (χ0) is 19.4. The highest BCUT2D eigenvalue weighted by molar-refractivity contribution is 6.30. The minimum atomic E-state index is -0.201. The lowest BCUT2D eigenvalue weighted by atomic mass is 9.74. The summed E-state index contributed by atoms with van der Waals surface area (Å²) in [6, 6.07) is 6.13. The molecule has 2 aliphatic heterocycles. The number of nitrogens with zero attached hydrogens (tertiary/aromatic N) is 1. The van der Waals surface area contributed by atoms with Crippen LogP contribution < -0.4 is 0 Å². The number of amides is 1. The molecule has 146 valence electrons. The van der Waals surface area contributed by atoms with E-state index in [0.29, 0.717) is 19.1 Å². The second-order valence-electron chi connectivity index (χ2n) is 7.14. The van der Waals surface area contributed by atoms with Crippen LogP contribution in [0.2, 0.25) is 5.02 Å². The fourth-order valence-electron chi connectivity index (χ4n) is 4.20. The van der Waals surface area contributed by atoms with E-state index in [-0.39, 0.29) is 12.0 Å². The Morgan fingerprint density at radius 2 is 2.11 bits per heavy atom. The summed E-state index contributed by atoms with van der Waals surface area (Å²) < 4.78 is 11.2. The van der Waals surface area contributed by atoms with Gasteiger partial charge in [-0.25, -0.2) is 4.79 Å². The number of piperidine rings is 1. The van der Waals surface area contributed by atoms with Gasteiger partial charge < -0.3 is 14.4 Å². The van der Waals surface area contributed by atoms with Gasteiger partial charge in [0.25, 0.3) is 0 Å². The van der Waals surface area contributed by atoms with Gasteiger partial charge in [-0.15, -0.1) is 0 Å². The third-order valence-corrected chi connectivity index (χ3v) is 5.74. The number of hydrogen-bond donors (Lipinski definition) is 0. The molecule has 0 N–H and O–H groups in total. The molecule has 2 heterocycles. The van der Waals surface area contributed by atoms with E-state index in [0.717, 1.165) is 42.3 Å². The van der Waals surface area contributed by atoms with Crippen molar-refractivity contribution in [2.24, 2.45) is 5.92 Å². The summed E-state index contributed by atoms with van der Waals surface area (Å²) >= 11 is 6.24. The Bertz CT molecular complexity index is 748. The van der Waals surface area contributed by atoms with Crippen molar-refractivity contribution in [2.75, 3.05) is 19.7 Å². The van der Waals surface area contributed by atoms with E-state index in [2.05, 4.69) is 18.2 Å². The lowest BCUT2D eigenvalue weighted by Gasteiger charge is -2.36. The largest absolute Gasteiger partial charge is 0.493 e. The van der Waals surface area contributed by atoms with Gasteiger partial charge in [0.05, 0.1) is 12.4 Å². The van der Waals surface area contributed by atoms with Crippen molar-refractivity contribution in [2.45, 2.75) is 46.1 Å². The van der Waals surface area contributed by atoms with Gasteiger partial charge in [-0.3, -0.25) is 0 Å². The Kier molecular flexibility index (Phi) is 6.48. The van der Waals surface area contributed by atoms with Crippen molar-refractivity contribution in [1.82, 2.24) is 4.90 Å². The lowest BCUT2D eigenvalue weighted by Crippen LogP contribution is -2.40. The first-order valence-electron chi connectivity index (χ1n) is 9.71. The van der Waals surface area contributed by atoms with E-state index in [1.807, 2.05) is 37.8 Å². The third-order valence-electron chi connectivity index (χ3n) is 5.51. The van der Waals surface area contributed by atoms with Crippen LogP contribution in [0.25, 0.3) is 0 Å². The number of carbonyl (C=O) groups excluding carboxylic acids is 1. The second kappa shape index (κ2) is 8.83. The third kappa shape index (κ3) is 4.32. The molecule has 1 aromatic rings. The highest BCUT2D eigenvalue weighted by Gasteiger charge is 2.34. The summed E-state index contributed by atoms with van der Waals surface area (Å²) in [4.78, 5) is 13.9. The van der Waals surface area contributed by atoms with Gasteiger partial charge in [-0.2, -0.15) is 0 Å². The fourth-order valence-corrected chi connectivity index (χ4v) is 4.39. The molecule has 0 aromatic heterocycles. The van der Waals surface area contributed by atoms with Crippen LogP contribution in [0, 0.1) is 5.92 Å². The molecule has 1 fully saturated rings. The quantitative estimate of drug-likeness (QED) is 0.668. The Morgan fingerprint density at radius 1 is 1.37 bits per heavy atom. The molecule has 1 amide bonds. The molecule has 27 heavy (non-hydrogen) atoms. The van der Waals surface area contributed by atoms with Crippen LogP contribution in [-0.4, -0.2) is 30.7 Å². The number of ether oxygens (including phenoxy) is 2. The molecular weight excluding hydrogens is 362 g/mol. The number of fused-ring (bicyclic) bond motifs is 1. The number of halogens is 1. The standard InChI is InChI=1S/C22H28ClNO3/c1-4-6-19-15(3)27-14-17-13-18(23)7-8-20(17)21(19)16-9-11-24(12-10-16)22(25)26-5-2/h4,6-8,13,16,21H,5,9-12,14H2,1-3H3/b6-4-. The Labute approximate surface area is 166 Å². The average molecular weight is 390 g/mol. The predicted molar refractivity (Wildman–Crippen MR) is 108 cm³/mol. The zero-order valence-corrected chi connectivity index (χ0v) is 17.1. The molecular formula is C22H28ClNO3. The van der Waals surface area contributed by atoms with Crippen molar-refractivity contribution in [1.29, 1.82) is 0 Å². The minimum Gasteiger partial charge on any atom is -0.493 e. The predicted octanol–water partition coefficient (Wildman–Crippen LogP) is 5.67. The molecule has 1 atom stereocenters. The first kappa shape index (κ1) is 19.8. The number of hydrogen-bond acceptors (Lipinski definition) is 3. The smallest absolute Gasteiger partial charge is 0.409 e. The second-order valence-corrected chi connectivity index (χ2v) is 7.58. The summed E-state index contributed by atoms with van der Waals surface area (Å²) in [5.74, 6) is 1.66. The van der Waals surface area contributed by atoms with Gasteiger partial charge in [0, 0.05) is 24.0 Å². The highest BCUT2D eigenvalue weighted by atomic mass is 35.5. The van der Waals surface area contributed by atoms with Crippen LogP contribution in [0.4, 0.5) is 4.79 Å². The average Bonchev–Trinajstić information content (AvgIpc) is 2.80. The number of likely N-dealkylation sites (tertiary alicyclic amines) is 1. The maximum Gasteiger partial charge on any atom is 0.409 e. The normalized spacial score (nSPS) is 21.0. The van der Waals surface area contributed by atoms with Gasteiger partial charge in [-0.1, -0.05) is 29.8 Å². The molecule has 3 rings (SSSR count). The van der Waals surface area contributed by atoms with E-state index in [9.17, 15) is 4.79 Å². The summed E-state index contributed by atoms with van der Waals surface area (Å²) in [6.45, 7) is 8.34. The molecule has 0 saturated carbocycles. The summed E-state index contributed by atoms with van der Waals surface area (Å²) in [5, 5.41) is 0.736. The molecule has 2 aliphatic rings. The van der Waals surface area contributed by atoms with E-state index in [1.54, 1.807) is 0 Å². The zero-order valence-electron chi connectivity index (χ0n) is 16.3. The van der Waals surface area contributed by atoms with Crippen LogP contribution in [0.5, 0.6) is 0 Å². The number of allylic oxidation sites excluding steroid dienone is 4. The Morgan fingerprint density at radius 3 is 2.78 bits per heavy atom. The first-order chi connectivity index (χ1) is 13.0. The number of benzene rings is 1. The Balaban J connectivity index is 1.90. The Hall–Kier alpha value is -1.94. The topological polar surface area (TPSA) is 38.8 Å². The maximum atomic E-state index is 12.0. The lowest BCUT2D eigenvalue weighted by molar-refractivity contribution is 0.0900. The van der Waals surface area contributed by atoms with Crippen LogP contribution in [0.1, 0.15) is 50.7 Å². The molecule has 4 nitrogen and oxygen atoms in total. The van der Waals surface area contributed by atoms with E-state index < -0.39 is 0 Å². The highest BCUT2D eigenvalue weighted by Crippen LogP contribution is 2.44. The molecule has 1 aromatic carbocycles. The molecule has 5 heteroatoms. The van der Waals surface area contributed by atoms with E-state index >= 15 is 0 Å². The van der Waals surface area contributed by atoms with Crippen molar-refractivity contribution >= 4 is 17.7 Å². The van der Waals surface area contributed by atoms with Crippen molar-refractivity contribution in [3.63, 3.8) is 0 Å². The van der Waals surface area contributed by atoms with Crippen molar-refractivity contribution < 1.29 is 14.3 Å². The van der Waals surface area contributed by atoms with Crippen molar-refractivity contribution in [3.05, 3.63) is 57.8 Å². The molecule has 0 aliphatic carbocycles. The van der Waals surface area contributed by atoms with Gasteiger partial charge in [-0.05, 0) is 68.4 Å². The van der Waals surface area contributed by atoms with Gasteiger partial charge in [0.2, 0.25) is 0 Å². The molecule has 1 saturated heterocycles. The number of rotatable bonds is 3. The van der Waals surface area contributed by atoms with Gasteiger partial charge in [0.15, 0.2) is 0 Å². The monoisotopic (exact) mass is 389 g/mol. The first-order valence-corrected chi connectivity index (χ1v) is 10.1. The SMILES string of the molecule is C/C=C\C1=C(C)OCc2cc(Cl)ccc2C1C1CCN(C(=O)OCC)CC1. The molecule has 0 spiro atoms. The number of carbonyl (C=O) groups is 1. The van der Waals surface area contributed by atoms with E-state index in [4.69, 9.17) is 21.1 Å². The molecule has 1 unspecified atom stereocenters. The summed E-state index contributed by atoms with van der Waals surface area (Å²) in [6.07, 6.45) is 5.93. The van der Waals surface area contributed by atoms with Gasteiger partial charge in [0.1, 0.15) is 6.61 Å². The van der Waals surface area contributed by atoms with Crippen LogP contribution in [0.3, 0.4) is 0 Å². The minimum absolute atomic E-state index is 0.201. The summed E-state index contributed by atoms with van der Waals surface area (Å²) in [7, 11) is 0.